The predicted molar refractivity (Wildman–Crippen MR) is 90.4 cm³/mol. The van der Waals surface area contributed by atoms with Gasteiger partial charge in [0.2, 0.25) is 0 Å². The molecule has 1 aromatic carbocycles. The highest BCUT2D eigenvalue weighted by molar-refractivity contribution is 6.06. The van der Waals surface area contributed by atoms with Crippen LogP contribution in [0.4, 0.5) is 0 Å². The minimum absolute atomic E-state index is 0.0612. The molecule has 0 atom stereocenters. The first-order valence-electron chi connectivity index (χ1n) is 7.81. The molecule has 118 valence electrons. The number of carbonyl (C=O) groups is 1. The summed E-state index contributed by atoms with van der Waals surface area (Å²) in [5.41, 5.74) is 3.60. The van der Waals surface area contributed by atoms with Crippen molar-refractivity contribution in [1.82, 2.24) is 19.9 Å². The van der Waals surface area contributed by atoms with Gasteiger partial charge >= 0.3 is 0 Å². The van der Waals surface area contributed by atoms with E-state index in [0.717, 1.165) is 23.0 Å². The van der Waals surface area contributed by atoms with Crippen molar-refractivity contribution in [2.45, 2.75) is 26.8 Å². The van der Waals surface area contributed by atoms with Crippen molar-refractivity contribution < 1.29 is 4.79 Å². The van der Waals surface area contributed by atoms with Gasteiger partial charge in [-0.2, -0.15) is 0 Å². The molecule has 3 aromatic rings. The minimum atomic E-state index is -0.0612. The summed E-state index contributed by atoms with van der Waals surface area (Å²) in [4.78, 5) is 21.1. The van der Waals surface area contributed by atoms with E-state index in [1.54, 1.807) is 12.5 Å². The normalized spacial score (nSPS) is 10.9. The Hall–Kier alpha value is -2.69. The maximum Gasteiger partial charge on any atom is 0.252 e. The van der Waals surface area contributed by atoms with E-state index in [-0.39, 0.29) is 5.91 Å². The third kappa shape index (κ3) is 3.39. The van der Waals surface area contributed by atoms with Crippen LogP contribution in [0.3, 0.4) is 0 Å². The highest BCUT2D eigenvalue weighted by Crippen LogP contribution is 2.20. The molecule has 0 aliphatic heterocycles. The molecule has 0 spiro atoms. The van der Waals surface area contributed by atoms with Crippen LogP contribution in [0.5, 0.6) is 0 Å². The molecule has 1 N–H and O–H groups in total. The topological polar surface area (TPSA) is 59.8 Å². The molecule has 0 fully saturated rings. The summed E-state index contributed by atoms with van der Waals surface area (Å²) >= 11 is 0. The lowest BCUT2D eigenvalue weighted by Gasteiger charge is -2.10. The molecule has 0 saturated heterocycles. The standard InChI is InChI=1S/C18H20N4O/c1-3-14-4-5-17-15(11-14)16(10-13(2)21-17)18(23)20-7-9-22-8-6-19-12-22/h4-6,8,10-12H,3,7,9H2,1-2H3,(H,20,23). The summed E-state index contributed by atoms with van der Waals surface area (Å²) < 4.78 is 1.94. The molecule has 5 nitrogen and oxygen atoms in total. The van der Waals surface area contributed by atoms with Crippen molar-refractivity contribution in [2.24, 2.45) is 0 Å². The van der Waals surface area contributed by atoms with Gasteiger partial charge in [0, 0.05) is 36.6 Å². The molecule has 5 heteroatoms. The maximum atomic E-state index is 12.6. The van der Waals surface area contributed by atoms with Gasteiger partial charge in [-0.1, -0.05) is 13.0 Å². The smallest absolute Gasteiger partial charge is 0.252 e. The molecule has 0 saturated carbocycles. The first-order valence-corrected chi connectivity index (χ1v) is 7.81. The lowest BCUT2D eigenvalue weighted by molar-refractivity contribution is 0.0954. The fraction of sp³-hybridized carbons (Fsp3) is 0.278. The Labute approximate surface area is 135 Å². The fourth-order valence-corrected chi connectivity index (χ4v) is 2.63. The van der Waals surface area contributed by atoms with Crippen molar-refractivity contribution in [1.29, 1.82) is 0 Å². The van der Waals surface area contributed by atoms with Crippen LogP contribution in [-0.4, -0.2) is 27.0 Å². The number of imidazole rings is 1. The number of pyridine rings is 1. The Bertz CT molecular complexity index is 824. The van der Waals surface area contributed by atoms with Crippen molar-refractivity contribution in [3.8, 4) is 0 Å². The molecule has 1 amide bonds. The average Bonchev–Trinajstić information content (AvgIpc) is 3.07. The Morgan fingerprint density at radius 3 is 2.91 bits per heavy atom. The fourth-order valence-electron chi connectivity index (χ4n) is 2.63. The zero-order chi connectivity index (χ0) is 16.2. The quantitative estimate of drug-likeness (QED) is 0.788. The van der Waals surface area contributed by atoms with Crippen LogP contribution < -0.4 is 5.32 Å². The van der Waals surface area contributed by atoms with E-state index < -0.39 is 0 Å². The van der Waals surface area contributed by atoms with Gasteiger partial charge < -0.3 is 9.88 Å². The Kier molecular flexibility index (Phi) is 4.37. The number of benzene rings is 1. The second-order valence-electron chi connectivity index (χ2n) is 5.57. The molecule has 2 heterocycles. The number of carbonyl (C=O) groups excluding carboxylic acids is 1. The van der Waals surface area contributed by atoms with Crippen molar-refractivity contribution >= 4 is 16.8 Å². The average molecular weight is 308 g/mol. The number of nitrogens with one attached hydrogen (secondary N) is 1. The van der Waals surface area contributed by atoms with Crippen LogP contribution in [-0.2, 0) is 13.0 Å². The minimum Gasteiger partial charge on any atom is -0.350 e. The number of rotatable bonds is 5. The van der Waals surface area contributed by atoms with Crippen LogP contribution in [0.1, 0.15) is 28.5 Å². The van der Waals surface area contributed by atoms with E-state index in [1.807, 2.05) is 29.8 Å². The molecule has 3 rings (SSSR count). The molecule has 0 bridgehead atoms. The first-order chi connectivity index (χ1) is 11.2. The van der Waals surface area contributed by atoms with Gasteiger partial charge in [-0.3, -0.25) is 9.78 Å². The number of hydrogen-bond acceptors (Lipinski definition) is 3. The van der Waals surface area contributed by atoms with E-state index in [2.05, 4.69) is 34.3 Å². The van der Waals surface area contributed by atoms with Crippen LogP contribution >= 0.6 is 0 Å². The third-order valence-electron chi connectivity index (χ3n) is 3.87. The van der Waals surface area contributed by atoms with E-state index in [9.17, 15) is 4.79 Å². The summed E-state index contributed by atoms with van der Waals surface area (Å²) in [6.45, 7) is 5.28. The molecular formula is C18H20N4O. The van der Waals surface area contributed by atoms with Gasteiger partial charge in [0.15, 0.2) is 0 Å². The zero-order valence-electron chi connectivity index (χ0n) is 13.4. The summed E-state index contributed by atoms with van der Waals surface area (Å²) in [5, 5.41) is 3.89. The largest absolute Gasteiger partial charge is 0.350 e. The molecule has 2 aromatic heterocycles. The molecular weight excluding hydrogens is 288 g/mol. The van der Waals surface area contributed by atoms with Crippen LogP contribution in [0.25, 0.3) is 10.9 Å². The van der Waals surface area contributed by atoms with Crippen LogP contribution in [0.15, 0.2) is 43.0 Å². The molecule has 0 aliphatic carbocycles. The number of aryl methyl sites for hydroxylation is 2. The molecule has 0 aliphatic rings. The van der Waals surface area contributed by atoms with Gasteiger partial charge in [0.05, 0.1) is 17.4 Å². The summed E-state index contributed by atoms with van der Waals surface area (Å²) in [5.74, 6) is -0.0612. The van der Waals surface area contributed by atoms with Gasteiger partial charge in [-0.05, 0) is 37.1 Å². The monoisotopic (exact) mass is 308 g/mol. The maximum absolute atomic E-state index is 12.6. The lowest BCUT2D eigenvalue weighted by atomic mass is 10.0. The van der Waals surface area contributed by atoms with E-state index in [0.29, 0.717) is 18.7 Å². The Balaban J connectivity index is 1.83. The van der Waals surface area contributed by atoms with Gasteiger partial charge in [0.1, 0.15) is 0 Å². The second kappa shape index (κ2) is 6.60. The highest BCUT2D eigenvalue weighted by atomic mass is 16.1. The Morgan fingerprint density at radius 2 is 2.17 bits per heavy atom. The van der Waals surface area contributed by atoms with Crippen molar-refractivity contribution in [3.05, 3.63) is 59.8 Å². The highest BCUT2D eigenvalue weighted by Gasteiger charge is 2.12. The number of aromatic nitrogens is 3. The predicted octanol–water partition coefficient (Wildman–Crippen LogP) is 2.73. The van der Waals surface area contributed by atoms with E-state index in [4.69, 9.17) is 0 Å². The molecule has 0 radical (unpaired) electrons. The number of nitrogens with zero attached hydrogens (tertiary/aromatic N) is 3. The molecule has 0 unspecified atom stereocenters. The first kappa shape index (κ1) is 15.2. The number of fused-ring (bicyclic) bond motifs is 1. The Morgan fingerprint density at radius 1 is 1.30 bits per heavy atom. The second-order valence-corrected chi connectivity index (χ2v) is 5.57. The van der Waals surface area contributed by atoms with Crippen molar-refractivity contribution in [2.75, 3.05) is 6.54 Å². The summed E-state index contributed by atoms with van der Waals surface area (Å²) in [7, 11) is 0. The van der Waals surface area contributed by atoms with Crippen LogP contribution in [0, 0.1) is 6.92 Å². The van der Waals surface area contributed by atoms with E-state index >= 15 is 0 Å². The van der Waals surface area contributed by atoms with Gasteiger partial charge in [-0.15, -0.1) is 0 Å². The zero-order valence-corrected chi connectivity index (χ0v) is 13.4. The number of hydrogen-bond donors (Lipinski definition) is 1. The third-order valence-corrected chi connectivity index (χ3v) is 3.87. The lowest BCUT2D eigenvalue weighted by Crippen LogP contribution is -2.27. The molecule has 23 heavy (non-hydrogen) atoms. The number of amides is 1. The van der Waals surface area contributed by atoms with Crippen molar-refractivity contribution in [3.63, 3.8) is 0 Å². The SMILES string of the molecule is CCc1ccc2nc(C)cc(C(=O)NCCn3ccnc3)c2c1. The van der Waals surface area contributed by atoms with Gasteiger partial charge in [0.25, 0.3) is 5.91 Å². The summed E-state index contributed by atoms with van der Waals surface area (Å²) in [6.07, 6.45) is 6.29. The summed E-state index contributed by atoms with van der Waals surface area (Å²) in [6, 6.07) is 7.97. The van der Waals surface area contributed by atoms with Gasteiger partial charge in [-0.25, -0.2) is 4.98 Å². The van der Waals surface area contributed by atoms with E-state index in [1.165, 1.54) is 5.56 Å². The van der Waals surface area contributed by atoms with Crippen LogP contribution in [0.2, 0.25) is 0 Å².